The van der Waals surface area contributed by atoms with Gasteiger partial charge in [-0.05, 0) is 13.2 Å². The van der Waals surface area contributed by atoms with Crippen molar-refractivity contribution in [2.24, 2.45) is 0 Å². The molecule has 0 aromatic rings. The first-order valence-corrected chi connectivity index (χ1v) is 5.70. The van der Waals surface area contributed by atoms with Gasteiger partial charge in [-0.2, -0.15) is 11.8 Å². The Morgan fingerprint density at radius 2 is 2.23 bits per heavy atom. The number of amides is 1. The lowest BCUT2D eigenvalue weighted by atomic mass is 10.4. The van der Waals surface area contributed by atoms with Gasteiger partial charge in [-0.3, -0.25) is 4.79 Å². The number of rotatable bonds is 7. The first-order valence-electron chi connectivity index (χ1n) is 4.31. The minimum Gasteiger partial charge on any atom is -0.392 e. The van der Waals surface area contributed by atoms with Gasteiger partial charge >= 0.3 is 0 Å². The topological polar surface area (TPSA) is 61.4 Å². The maximum atomic E-state index is 10.9. The number of hydrogen-bond acceptors (Lipinski definition) is 4. The molecule has 0 aliphatic carbocycles. The van der Waals surface area contributed by atoms with Gasteiger partial charge in [0.05, 0.1) is 11.9 Å². The fraction of sp³-hybridized carbons (Fsp3) is 0.875. The third-order valence-corrected chi connectivity index (χ3v) is 1.89. The quantitative estimate of drug-likeness (QED) is 0.489. The molecule has 1 atom stereocenters. The molecule has 0 heterocycles. The Hall–Kier alpha value is -0.260. The van der Waals surface area contributed by atoms with Crippen LogP contribution < -0.4 is 10.6 Å². The van der Waals surface area contributed by atoms with E-state index in [1.807, 2.05) is 6.26 Å². The van der Waals surface area contributed by atoms with Crippen LogP contribution in [0.3, 0.4) is 0 Å². The van der Waals surface area contributed by atoms with Crippen LogP contribution in [0.1, 0.15) is 6.92 Å². The number of thioether (sulfide) groups is 1. The maximum Gasteiger partial charge on any atom is 0.230 e. The fourth-order valence-corrected chi connectivity index (χ4v) is 1.15. The summed E-state index contributed by atoms with van der Waals surface area (Å²) in [7, 11) is 0. The summed E-state index contributed by atoms with van der Waals surface area (Å²) in [4.78, 5) is 10.9. The van der Waals surface area contributed by atoms with Crippen molar-refractivity contribution in [1.82, 2.24) is 10.6 Å². The summed E-state index contributed by atoms with van der Waals surface area (Å²) < 4.78 is 0. The van der Waals surface area contributed by atoms with Gasteiger partial charge in [-0.25, -0.2) is 0 Å². The molecule has 5 heteroatoms. The lowest BCUT2D eigenvalue weighted by Gasteiger charge is -2.07. The Labute approximate surface area is 83.5 Å². The molecule has 0 radical (unpaired) electrons. The first kappa shape index (κ1) is 12.7. The van der Waals surface area contributed by atoms with E-state index in [2.05, 4.69) is 10.6 Å². The van der Waals surface area contributed by atoms with Crippen LogP contribution in [-0.4, -0.2) is 48.8 Å². The second kappa shape index (κ2) is 8.34. The number of carbonyl (C=O) groups is 1. The highest BCUT2D eigenvalue weighted by molar-refractivity contribution is 7.99. The molecule has 0 aliphatic rings. The van der Waals surface area contributed by atoms with Gasteiger partial charge in [0.2, 0.25) is 5.91 Å². The highest BCUT2D eigenvalue weighted by Gasteiger charge is 1.98. The van der Waals surface area contributed by atoms with E-state index in [4.69, 9.17) is 5.11 Å². The Balaban J connectivity index is 3.11. The highest BCUT2D eigenvalue weighted by Crippen LogP contribution is 1.88. The standard InChI is InChI=1S/C8H18N2O2S/c1-7(11)5-9-3-4-10-8(12)6-13-2/h7,9,11H,3-6H2,1-2H3,(H,10,12). The van der Waals surface area contributed by atoms with E-state index in [1.165, 1.54) is 11.8 Å². The van der Waals surface area contributed by atoms with Crippen LogP contribution >= 0.6 is 11.8 Å². The fourth-order valence-electron chi connectivity index (χ4n) is 0.783. The molecule has 0 saturated heterocycles. The molecule has 0 aromatic carbocycles. The predicted molar refractivity (Wildman–Crippen MR) is 55.9 cm³/mol. The molecule has 0 bridgehead atoms. The molecule has 0 aromatic heterocycles. The smallest absolute Gasteiger partial charge is 0.230 e. The zero-order chi connectivity index (χ0) is 10.1. The number of aliphatic hydroxyl groups excluding tert-OH is 1. The second-order valence-corrected chi connectivity index (χ2v) is 3.70. The third kappa shape index (κ3) is 9.66. The molecule has 0 saturated carbocycles. The number of hydrogen-bond donors (Lipinski definition) is 3. The van der Waals surface area contributed by atoms with Crippen LogP contribution in [0.2, 0.25) is 0 Å². The number of nitrogens with one attached hydrogen (secondary N) is 2. The first-order chi connectivity index (χ1) is 6.16. The van der Waals surface area contributed by atoms with Gasteiger partial charge in [0.25, 0.3) is 0 Å². The zero-order valence-corrected chi connectivity index (χ0v) is 8.99. The van der Waals surface area contributed by atoms with Crippen LogP contribution in [0.4, 0.5) is 0 Å². The lowest BCUT2D eigenvalue weighted by molar-refractivity contribution is -0.118. The van der Waals surface area contributed by atoms with Crippen LogP contribution in [0.5, 0.6) is 0 Å². The number of carbonyl (C=O) groups excluding carboxylic acids is 1. The molecule has 0 spiro atoms. The molecule has 1 amide bonds. The van der Waals surface area contributed by atoms with E-state index in [-0.39, 0.29) is 12.0 Å². The van der Waals surface area contributed by atoms with Crippen molar-refractivity contribution in [1.29, 1.82) is 0 Å². The van der Waals surface area contributed by atoms with Crippen molar-refractivity contribution in [2.45, 2.75) is 13.0 Å². The summed E-state index contributed by atoms with van der Waals surface area (Å²) in [5.74, 6) is 0.572. The molecule has 0 aliphatic heterocycles. The molecule has 13 heavy (non-hydrogen) atoms. The van der Waals surface area contributed by atoms with E-state index >= 15 is 0 Å². The van der Waals surface area contributed by atoms with Gasteiger partial charge in [-0.1, -0.05) is 0 Å². The van der Waals surface area contributed by atoms with Gasteiger partial charge in [-0.15, -0.1) is 0 Å². The van der Waals surface area contributed by atoms with Crippen LogP contribution in [0.25, 0.3) is 0 Å². The Kier molecular flexibility index (Phi) is 8.18. The van der Waals surface area contributed by atoms with E-state index in [0.717, 1.165) is 0 Å². The van der Waals surface area contributed by atoms with Gasteiger partial charge < -0.3 is 15.7 Å². The molecular weight excluding hydrogens is 188 g/mol. The summed E-state index contributed by atoms with van der Waals surface area (Å²) in [5, 5.41) is 14.7. The monoisotopic (exact) mass is 206 g/mol. The summed E-state index contributed by atoms with van der Waals surface area (Å²) in [6.07, 6.45) is 1.56. The van der Waals surface area contributed by atoms with Crippen molar-refractivity contribution in [3.05, 3.63) is 0 Å². The Bertz CT molecular complexity index is 142. The van der Waals surface area contributed by atoms with Crippen LogP contribution in [0, 0.1) is 0 Å². The van der Waals surface area contributed by atoms with Crippen molar-refractivity contribution in [3.63, 3.8) is 0 Å². The van der Waals surface area contributed by atoms with E-state index in [1.54, 1.807) is 6.92 Å². The predicted octanol–water partition coefficient (Wildman–Crippen LogP) is -0.564. The normalized spacial score (nSPS) is 12.5. The van der Waals surface area contributed by atoms with Gasteiger partial charge in [0.1, 0.15) is 0 Å². The molecule has 78 valence electrons. The second-order valence-electron chi connectivity index (χ2n) is 2.84. The minimum absolute atomic E-state index is 0.0614. The van der Waals surface area contributed by atoms with E-state index in [9.17, 15) is 4.79 Å². The lowest BCUT2D eigenvalue weighted by Crippen LogP contribution is -2.35. The molecule has 4 nitrogen and oxygen atoms in total. The van der Waals surface area contributed by atoms with Crippen molar-refractivity contribution < 1.29 is 9.90 Å². The summed E-state index contributed by atoms with van der Waals surface area (Å²) in [6.45, 7) is 3.61. The van der Waals surface area contributed by atoms with Crippen molar-refractivity contribution in [3.8, 4) is 0 Å². The zero-order valence-electron chi connectivity index (χ0n) is 8.17. The number of aliphatic hydroxyl groups is 1. The maximum absolute atomic E-state index is 10.9. The molecule has 0 rings (SSSR count). The molecule has 1 unspecified atom stereocenters. The van der Waals surface area contributed by atoms with E-state index < -0.39 is 0 Å². The SMILES string of the molecule is CSCC(=O)NCCNCC(C)O. The average molecular weight is 206 g/mol. The molecular formula is C8H18N2O2S. The van der Waals surface area contributed by atoms with Gasteiger partial charge in [0.15, 0.2) is 0 Å². The molecule has 0 fully saturated rings. The van der Waals surface area contributed by atoms with Crippen molar-refractivity contribution in [2.75, 3.05) is 31.6 Å². The Morgan fingerprint density at radius 1 is 1.54 bits per heavy atom. The highest BCUT2D eigenvalue weighted by atomic mass is 32.2. The summed E-state index contributed by atoms with van der Waals surface area (Å²) >= 11 is 1.51. The van der Waals surface area contributed by atoms with Gasteiger partial charge in [0, 0.05) is 19.6 Å². The third-order valence-electron chi connectivity index (χ3n) is 1.34. The Morgan fingerprint density at radius 3 is 2.77 bits per heavy atom. The average Bonchev–Trinajstić information content (AvgIpc) is 2.03. The van der Waals surface area contributed by atoms with Crippen molar-refractivity contribution >= 4 is 17.7 Å². The summed E-state index contributed by atoms with van der Waals surface area (Å²) in [6, 6.07) is 0. The summed E-state index contributed by atoms with van der Waals surface area (Å²) in [5.41, 5.74) is 0. The largest absolute Gasteiger partial charge is 0.392 e. The van der Waals surface area contributed by atoms with E-state index in [0.29, 0.717) is 25.4 Å². The minimum atomic E-state index is -0.332. The van der Waals surface area contributed by atoms with Crippen LogP contribution in [-0.2, 0) is 4.79 Å². The van der Waals surface area contributed by atoms with Crippen LogP contribution in [0.15, 0.2) is 0 Å². The molecule has 3 N–H and O–H groups in total.